The highest BCUT2D eigenvalue weighted by Crippen LogP contribution is 2.49. The van der Waals surface area contributed by atoms with Gasteiger partial charge < -0.3 is 10.2 Å². The first kappa shape index (κ1) is 21.2. The predicted molar refractivity (Wildman–Crippen MR) is 106 cm³/mol. The van der Waals surface area contributed by atoms with Crippen LogP contribution >= 0.6 is 0 Å². The van der Waals surface area contributed by atoms with Crippen LogP contribution in [0.15, 0.2) is 0 Å². The molecule has 2 rings (SSSR count). The molecule has 2 heteroatoms. The Bertz CT molecular complexity index is 390. The first-order chi connectivity index (χ1) is 11.3. The molecule has 2 nitrogen and oxygen atoms in total. The van der Waals surface area contributed by atoms with Crippen molar-refractivity contribution in [2.75, 3.05) is 0 Å². The summed E-state index contributed by atoms with van der Waals surface area (Å²) >= 11 is 0. The van der Waals surface area contributed by atoms with Gasteiger partial charge in [-0.15, -0.1) is 0 Å². The molecule has 0 aromatic carbocycles. The van der Waals surface area contributed by atoms with Gasteiger partial charge in [-0.25, -0.2) is 0 Å². The van der Waals surface area contributed by atoms with E-state index >= 15 is 0 Å². The third kappa shape index (κ3) is 5.01. The Labute approximate surface area is 156 Å². The second-order valence-electron chi connectivity index (χ2n) is 11.8. The summed E-state index contributed by atoms with van der Waals surface area (Å²) in [5, 5.41) is 22.2. The lowest BCUT2D eigenvalue weighted by Gasteiger charge is -2.48. The van der Waals surface area contributed by atoms with Crippen molar-refractivity contribution in [2.24, 2.45) is 46.3 Å². The largest absolute Gasteiger partial charge is 0.393 e. The highest BCUT2D eigenvalue weighted by molar-refractivity contribution is 4.95. The maximum atomic E-state index is 11.1. The SMILES string of the molecule is CC1CC(CC2CC(C)CC(C(C)(C)C)C2O)C(O)C(C(C)(C)C)C1. The van der Waals surface area contributed by atoms with Crippen LogP contribution in [0.25, 0.3) is 0 Å². The predicted octanol–water partition coefficient (Wildman–Crippen LogP) is 5.52. The Morgan fingerprint density at radius 3 is 1.24 bits per heavy atom. The zero-order valence-electron chi connectivity index (χ0n) is 18.0. The molecular weight excluding hydrogens is 308 g/mol. The fourth-order valence-corrected chi connectivity index (χ4v) is 5.90. The second kappa shape index (κ2) is 7.50. The van der Waals surface area contributed by atoms with E-state index in [-0.39, 0.29) is 23.0 Å². The van der Waals surface area contributed by atoms with Gasteiger partial charge in [0, 0.05) is 0 Å². The average Bonchev–Trinajstić information content (AvgIpc) is 2.43. The molecule has 148 valence electrons. The molecule has 0 radical (unpaired) electrons. The molecule has 2 N–H and O–H groups in total. The maximum Gasteiger partial charge on any atom is 0.0601 e. The second-order valence-corrected chi connectivity index (χ2v) is 11.8. The molecule has 2 aliphatic carbocycles. The van der Waals surface area contributed by atoms with E-state index in [0.29, 0.717) is 35.5 Å². The molecule has 0 bridgehead atoms. The summed E-state index contributed by atoms with van der Waals surface area (Å²) in [6.07, 6.45) is 5.07. The Hall–Kier alpha value is -0.0800. The monoisotopic (exact) mass is 352 g/mol. The molecule has 0 saturated heterocycles. The van der Waals surface area contributed by atoms with E-state index in [4.69, 9.17) is 0 Å². The van der Waals surface area contributed by atoms with E-state index in [1.807, 2.05) is 0 Å². The molecular formula is C23H44O2. The van der Waals surface area contributed by atoms with Gasteiger partial charge in [-0.3, -0.25) is 0 Å². The highest BCUT2D eigenvalue weighted by atomic mass is 16.3. The Kier molecular flexibility index (Phi) is 6.37. The van der Waals surface area contributed by atoms with Crippen LogP contribution in [-0.4, -0.2) is 22.4 Å². The third-order valence-electron chi connectivity index (χ3n) is 7.34. The summed E-state index contributed by atoms with van der Waals surface area (Å²) in [4.78, 5) is 0. The number of aliphatic hydroxyl groups is 2. The van der Waals surface area contributed by atoms with Crippen LogP contribution in [0.2, 0.25) is 0 Å². The zero-order valence-corrected chi connectivity index (χ0v) is 18.0. The smallest absolute Gasteiger partial charge is 0.0601 e. The van der Waals surface area contributed by atoms with Crippen molar-refractivity contribution < 1.29 is 10.2 Å². The quantitative estimate of drug-likeness (QED) is 0.687. The van der Waals surface area contributed by atoms with Crippen molar-refractivity contribution in [2.45, 2.75) is 99.7 Å². The molecule has 0 spiro atoms. The minimum Gasteiger partial charge on any atom is -0.393 e. The Morgan fingerprint density at radius 2 is 0.960 bits per heavy atom. The summed E-state index contributed by atoms with van der Waals surface area (Å²) in [7, 11) is 0. The molecule has 2 fully saturated rings. The number of rotatable bonds is 2. The van der Waals surface area contributed by atoms with Gasteiger partial charge in [-0.05, 0) is 78.4 Å². The van der Waals surface area contributed by atoms with Gasteiger partial charge in [0.15, 0.2) is 0 Å². The van der Waals surface area contributed by atoms with Gasteiger partial charge in [-0.2, -0.15) is 0 Å². The van der Waals surface area contributed by atoms with Crippen molar-refractivity contribution in [1.29, 1.82) is 0 Å². The van der Waals surface area contributed by atoms with Crippen molar-refractivity contribution in [3.63, 3.8) is 0 Å². The lowest BCUT2D eigenvalue weighted by Crippen LogP contribution is -2.47. The van der Waals surface area contributed by atoms with E-state index in [1.165, 1.54) is 0 Å². The summed E-state index contributed by atoms with van der Waals surface area (Å²) in [6.45, 7) is 18.3. The van der Waals surface area contributed by atoms with Crippen LogP contribution in [0.1, 0.15) is 87.5 Å². The number of hydrogen-bond donors (Lipinski definition) is 2. The summed E-state index contributed by atoms with van der Waals surface area (Å²) in [5.74, 6) is 2.79. The maximum absolute atomic E-state index is 11.1. The van der Waals surface area contributed by atoms with Crippen molar-refractivity contribution in [1.82, 2.24) is 0 Å². The molecule has 2 aliphatic rings. The summed E-state index contributed by atoms with van der Waals surface area (Å²) in [5.41, 5.74) is 0.303. The fourth-order valence-electron chi connectivity index (χ4n) is 5.90. The van der Waals surface area contributed by atoms with Crippen LogP contribution in [0.3, 0.4) is 0 Å². The minimum absolute atomic E-state index is 0.152. The first-order valence-corrected chi connectivity index (χ1v) is 10.7. The number of hydrogen-bond acceptors (Lipinski definition) is 2. The van der Waals surface area contributed by atoms with Crippen LogP contribution in [0.4, 0.5) is 0 Å². The lowest BCUT2D eigenvalue weighted by atomic mass is 9.59. The van der Waals surface area contributed by atoms with E-state index in [9.17, 15) is 10.2 Å². The highest BCUT2D eigenvalue weighted by Gasteiger charge is 2.45. The fraction of sp³-hybridized carbons (Fsp3) is 1.00. The topological polar surface area (TPSA) is 40.5 Å². The molecule has 0 amide bonds. The Morgan fingerprint density at radius 1 is 0.640 bits per heavy atom. The molecule has 0 aliphatic heterocycles. The molecule has 0 aromatic rings. The normalized spacial score (nSPS) is 43.9. The molecule has 0 aromatic heterocycles. The Balaban J connectivity index is 2.13. The van der Waals surface area contributed by atoms with Crippen LogP contribution in [0, 0.1) is 46.3 Å². The van der Waals surface area contributed by atoms with Gasteiger partial charge in [-0.1, -0.05) is 55.4 Å². The van der Waals surface area contributed by atoms with Crippen LogP contribution in [-0.2, 0) is 0 Å². The standard InChI is InChI=1S/C23H44O2/c1-14-9-16(20(24)18(11-14)22(3,4)5)13-17-10-15(2)12-19(21(17)25)23(6,7)8/h14-21,24-25H,9-13H2,1-8H3. The molecule has 8 unspecified atom stereocenters. The number of aliphatic hydroxyl groups excluding tert-OH is 2. The van der Waals surface area contributed by atoms with Gasteiger partial charge >= 0.3 is 0 Å². The van der Waals surface area contributed by atoms with E-state index < -0.39 is 0 Å². The van der Waals surface area contributed by atoms with E-state index in [2.05, 4.69) is 55.4 Å². The van der Waals surface area contributed by atoms with Gasteiger partial charge in [0.05, 0.1) is 12.2 Å². The molecule has 2 saturated carbocycles. The first-order valence-electron chi connectivity index (χ1n) is 10.7. The van der Waals surface area contributed by atoms with Crippen molar-refractivity contribution in [3.8, 4) is 0 Å². The summed E-state index contributed by atoms with van der Waals surface area (Å²) < 4.78 is 0. The average molecular weight is 353 g/mol. The van der Waals surface area contributed by atoms with Gasteiger partial charge in [0.2, 0.25) is 0 Å². The minimum atomic E-state index is -0.214. The van der Waals surface area contributed by atoms with Crippen molar-refractivity contribution >= 4 is 0 Å². The van der Waals surface area contributed by atoms with Gasteiger partial charge in [0.25, 0.3) is 0 Å². The van der Waals surface area contributed by atoms with Crippen LogP contribution < -0.4 is 0 Å². The molecule has 8 atom stereocenters. The third-order valence-corrected chi connectivity index (χ3v) is 7.34. The van der Waals surface area contributed by atoms with Crippen molar-refractivity contribution in [3.05, 3.63) is 0 Å². The van der Waals surface area contributed by atoms with E-state index in [1.54, 1.807) is 0 Å². The summed E-state index contributed by atoms with van der Waals surface area (Å²) in [6, 6.07) is 0. The van der Waals surface area contributed by atoms with Gasteiger partial charge in [0.1, 0.15) is 0 Å². The van der Waals surface area contributed by atoms with Crippen LogP contribution in [0.5, 0.6) is 0 Å². The van der Waals surface area contributed by atoms with E-state index in [0.717, 1.165) is 32.1 Å². The lowest BCUT2D eigenvalue weighted by molar-refractivity contribution is -0.0859. The molecule has 25 heavy (non-hydrogen) atoms. The molecule has 0 heterocycles. The zero-order chi connectivity index (χ0) is 19.2.